The van der Waals surface area contributed by atoms with Gasteiger partial charge < -0.3 is 5.32 Å². The molecule has 19 heavy (non-hydrogen) atoms. The molecule has 2 aromatic heterocycles. The molecular formula is C12H16BrN5O. The minimum absolute atomic E-state index is 0.108. The predicted octanol–water partition coefficient (Wildman–Crippen LogP) is 2.19. The Morgan fingerprint density at radius 2 is 2.32 bits per heavy atom. The molecule has 2 aromatic rings. The first-order chi connectivity index (χ1) is 9.04. The van der Waals surface area contributed by atoms with Crippen LogP contribution < -0.4 is 5.32 Å². The average molecular weight is 326 g/mol. The summed E-state index contributed by atoms with van der Waals surface area (Å²) in [6.45, 7) is 6.79. The molecule has 0 fully saturated rings. The van der Waals surface area contributed by atoms with Crippen LogP contribution in [-0.4, -0.2) is 25.9 Å². The summed E-state index contributed by atoms with van der Waals surface area (Å²) in [7, 11) is 0. The lowest BCUT2D eigenvalue weighted by Crippen LogP contribution is -2.27. The van der Waals surface area contributed by atoms with E-state index < -0.39 is 0 Å². The summed E-state index contributed by atoms with van der Waals surface area (Å²) in [4.78, 5) is 12.1. The summed E-state index contributed by atoms with van der Waals surface area (Å²) in [5.41, 5.74) is 2.51. The monoisotopic (exact) mass is 325 g/mol. The number of nitrogens with zero attached hydrogens (tertiary/aromatic N) is 3. The van der Waals surface area contributed by atoms with Gasteiger partial charge in [-0.1, -0.05) is 0 Å². The van der Waals surface area contributed by atoms with E-state index in [-0.39, 0.29) is 11.9 Å². The van der Waals surface area contributed by atoms with Gasteiger partial charge in [0.25, 0.3) is 5.91 Å². The van der Waals surface area contributed by atoms with E-state index in [9.17, 15) is 4.79 Å². The van der Waals surface area contributed by atoms with E-state index in [1.54, 1.807) is 12.4 Å². The molecule has 0 aliphatic rings. The van der Waals surface area contributed by atoms with E-state index in [0.29, 0.717) is 10.2 Å². The molecule has 0 bridgehead atoms. The first kappa shape index (κ1) is 13.8. The molecule has 0 radical (unpaired) electrons. The Morgan fingerprint density at radius 1 is 1.58 bits per heavy atom. The van der Waals surface area contributed by atoms with Gasteiger partial charge in [0, 0.05) is 17.8 Å². The van der Waals surface area contributed by atoms with E-state index in [4.69, 9.17) is 0 Å². The van der Waals surface area contributed by atoms with Crippen LogP contribution in [0.3, 0.4) is 0 Å². The second kappa shape index (κ2) is 5.56. The molecule has 2 rings (SSSR count). The van der Waals surface area contributed by atoms with Crippen molar-refractivity contribution in [1.29, 1.82) is 0 Å². The van der Waals surface area contributed by atoms with Crippen molar-refractivity contribution < 1.29 is 4.79 Å². The van der Waals surface area contributed by atoms with E-state index >= 15 is 0 Å². The quantitative estimate of drug-likeness (QED) is 0.904. The zero-order valence-corrected chi connectivity index (χ0v) is 12.7. The summed E-state index contributed by atoms with van der Waals surface area (Å²) in [5.74, 6) is -0.194. The molecule has 7 heteroatoms. The number of amides is 1. The fourth-order valence-corrected chi connectivity index (χ4v) is 2.35. The summed E-state index contributed by atoms with van der Waals surface area (Å²) in [6.07, 6.45) is 3.35. The smallest absolute Gasteiger partial charge is 0.270 e. The van der Waals surface area contributed by atoms with Gasteiger partial charge in [0.2, 0.25) is 0 Å². The molecule has 1 unspecified atom stereocenters. The van der Waals surface area contributed by atoms with Crippen LogP contribution in [0.1, 0.15) is 41.6 Å². The largest absolute Gasteiger partial charge is 0.344 e. The molecule has 6 nitrogen and oxygen atoms in total. The van der Waals surface area contributed by atoms with Crippen LogP contribution in [0, 0.1) is 6.92 Å². The van der Waals surface area contributed by atoms with E-state index in [1.165, 1.54) is 0 Å². The van der Waals surface area contributed by atoms with Crippen LogP contribution in [0.25, 0.3) is 0 Å². The Labute approximate surface area is 119 Å². The molecule has 0 spiro atoms. The zero-order chi connectivity index (χ0) is 14.0. The minimum atomic E-state index is -0.194. The number of carbonyl (C=O) groups is 1. The Balaban J connectivity index is 2.13. The minimum Gasteiger partial charge on any atom is -0.344 e. The number of rotatable bonds is 4. The first-order valence-corrected chi connectivity index (χ1v) is 6.86. The van der Waals surface area contributed by atoms with Crippen molar-refractivity contribution in [1.82, 2.24) is 25.3 Å². The Morgan fingerprint density at radius 3 is 2.84 bits per heavy atom. The van der Waals surface area contributed by atoms with Gasteiger partial charge in [-0.3, -0.25) is 14.6 Å². The highest BCUT2D eigenvalue weighted by Crippen LogP contribution is 2.18. The number of hydrogen-bond acceptors (Lipinski definition) is 3. The van der Waals surface area contributed by atoms with Crippen LogP contribution >= 0.6 is 15.9 Å². The predicted molar refractivity (Wildman–Crippen MR) is 74.8 cm³/mol. The molecule has 0 aromatic carbocycles. The summed E-state index contributed by atoms with van der Waals surface area (Å²) in [6, 6.07) is -0.108. The highest BCUT2D eigenvalue weighted by atomic mass is 79.9. The van der Waals surface area contributed by atoms with Gasteiger partial charge >= 0.3 is 0 Å². The average Bonchev–Trinajstić information content (AvgIpc) is 2.95. The molecule has 0 aliphatic carbocycles. The van der Waals surface area contributed by atoms with Crippen LogP contribution in [0.2, 0.25) is 0 Å². The van der Waals surface area contributed by atoms with Crippen molar-refractivity contribution in [3.8, 4) is 0 Å². The fourth-order valence-electron chi connectivity index (χ4n) is 1.98. The van der Waals surface area contributed by atoms with E-state index in [0.717, 1.165) is 17.8 Å². The maximum Gasteiger partial charge on any atom is 0.270 e. The van der Waals surface area contributed by atoms with Gasteiger partial charge in [-0.15, -0.1) is 0 Å². The Bertz CT molecular complexity index is 589. The Hall–Kier alpha value is -1.63. The van der Waals surface area contributed by atoms with Crippen LogP contribution in [0.5, 0.6) is 0 Å². The molecule has 0 saturated carbocycles. The number of aromatic nitrogens is 4. The summed E-state index contributed by atoms with van der Waals surface area (Å²) in [5, 5.41) is 13.7. The van der Waals surface area contributed by atoms with Gasteiger partial charge in [0.15, 0.2) is 0 Å². The maximum absolute atomic E-state index is 12.1. The van der Waals surface area contributed by atoms with Gasteiger partial charge in [0.05, 0.1) is 22.9 Å². The van der Waals surface area contributed by atoms with Gasteiger partial charge in [0.1, 0.15) is 5.69 Å². The number of aromatic amines is 1. The lowest BCUT2D eigenvalue weighted by molar-refractivity contribution is 0.0934. The van der Waals surface area contributed by atoms with Crippen molar-refractivity contribution in [2.24, 2.45) is 0 Å². The van der Waals surface area contributed by atoms with Gasteiger partial charge in [-0.05, 0) is 36.7 Å². The van der Waals surface area contributed by atoms with Gasteiger partial charge in [-0.25, -0.2) is 0 Å². The fraction of sp³-hybridized carbons (Fsp3) is 0.417. The highest BCUT2D eigenvalue weighted by Gasteiger charge is 2.18. The number of H-pyrrole nitrogens is 1. The third-order valence-electron chi connectivity index (χ3n) is 3.07. The van der Waals surface area contributed by atoms with E-state index in [2.05, 4.69) is 36.5 Å². The molecular weight excluding hydrogens is 310 g/mol. The zero-order valence-electron chi connectivity index (χ0n) is 11.1. The number of carbonyl (C=O) groups excluding carboxylic acids is 1. The molecule has 0 aliphatic heterocycles. The number of halogens is 1. The number of hydrogen-bond donors (Lipinski definition) is 2. The lowest BCUT2D eigenvalue weighted by atomic mass is 10.1. The Kier molecular flexibility index (Phi) is 4.04. The van der Waals surface area contributed by atoms with Gasteiger partial charge in [-0.2, -0.15) is 10.2 Å². The van der Waals surface area contributed by atoms with Crippen LogP contribution in [0.15, 0.2) is 16.9 Å². The highest BCUT2D eigenvalue weighted by molar-refractivity contribution is 9.10. The molecule has 1 atom stereocenters. The second-order valence-electron chi connectivity index (χ2n) is 4.29. The van der Waals surface area contributed by atoms with Crippen molar-refractivity contribution in [2.75, 3.05) is 0 Å². The summed E-state index contributed by atoms with van der Waals surface area (Å²) >= 11 is 3.27. The standard InChI is InChI=1S/C12H16BrN5O/c1-4-18-8(3)9(5-15-18)7(2)16-12(19)11-10(13)6-14-17-11/h5-7H,4H2,1-3H3,(H,14,17)(H,16,19). The third kappa shape index (κ3) is 2.70. The molecule has 2 N–H and O–H groups in total. The first-order valence-electron chi connectivity index (χ1n) is 6.06. The van der Waals surface area contributed by atoms with Crippen molar-refractivity contribution in [2.45, 2.75) is 33.4 Å². The normalized spacial score (nSPS) is 12.4. The number of nitrogens with one attached hydrogen (secondary N) is 2. The number of aryl methyl sites for hydroxylation is 1. The van der Waals surface area contributed by atoms with Crippen LogP contribution in [-0.2, 0) is 6.54 Å². The van der Waals surface area contributed by atoms with Crippen molar-refractivity contribution in [3.05, 3.63) is 33.8 Å². The maximum atomic E-state index is 12.1. The molecule has 0 saturated heterocycles. The topological polar surface area (TPSA) is 75.6 Å². The lowest BCUT2D eigenvalue weighted by Gasteiger charge is -2.13. The molecule has 2 heterocycles. The van der Waals surface area contributed by atoms with Crippen molar-refractivity contribution >= 4 is 21.8 Å². The third-order valence-corrected chi connectivity index (χ3v) is 3.68. The molecule has 1 amide bonds. The van der Waals surface area contributed by atoms with E-state index in [1.807, 2.05) is 25.5 Å². The summed E-state index contributed by atoms with van der Waals surface area (Å²) < 4.78 is 2.56. The SMILES string of the molecule is CCn1ncc(C(C)NC(=O)c2[nH]ncc2Br)c1C. The van der Waals surface area contributed by atoms with Crippen LogP contribution in [0.4, 0.5) is 0 Å². The molecule has 102 valence electrons. The van der Waals surface area contributed by atoms with Crippen molar-refractivity contribution in [3.63, 3.8) is 0 Å². The second-order valence-corrected chi connectivity index (χ2v) is 5.14.